The predicted octanol–water partition coefficient (Wildman–Crippen LogP) is 1.04. The average molecular weight is 307 g/mol. The number of aryl methyl sites for hydroxylation is 1. The topological polar surface area (TPSA) is 78.6 Å². The molecule has 2 N–H and O–H groups in total. The first-order valence-electron chi connectivity index (χ1n) is 8.15. The summed E-state index contributed by atoms with van der Waals surface area (Å²) in [6.07, 6.45) is 8.80. The molecular formula is C16H25N3O3. The van der Waals surface area contributed by atoms with Gasteiger partial charge in [0.05, 0.1) is 5.60 Å². The summed E-state index contributed by atoms with van der Waals surface area (Å²) in [6, 6.07) is -0.759. The lowest BCUT2D eigenvalue weighted by Crippen LogP contribution is -2.62. The average Bonchev–Trinajstić information content (AvgIpc) is 2.83. The molecule has 6 heteroatoms. The molecule has 2 atom stereocenters. The van der Waals surface area contributed by atoms with Crippen LogP contribution in [-0.2, 0) is 18.3 Å². The van der Waals surface area contributed by atoms with Crippen LogP contribution in [0.15, 0.2) is 12.4 Å². The molecule has 3 rings (SSSR count). The quantitative estimate of drug-likeness (QED) is 0.850. The van der Waals surface area contributed by atoms with Crippen LogP contribution in [0.25, 0.3) is 0 Å². The Morgan fingerprint density at radius 1 is 1.50 bits per heavy atom. The van der Waals surface area contributed by atoms with Crippen LogP contribution in [0.5, 0.6) is 0 Å². The van der Waals surface area contributed by atoms with Crippen molar-refractivity contribution >= 4 is 5.97 Å². The van der Waals surface area contributed by atoms with E-state index in [1.165, 1.54) is 0 Å². The summed E-state index contributed by atoms with van der Waals surface area (Å²) in [4.78, 5) is 18.1. The van der Waals surface area contributed by atoms with Crippen molar-refractivity contribution < 1.29 is 15.0 Å². The lowest BCUT2D eigenvalue weighted by molar-refractivity contribution is -0.166. The third-order valence-electron chi connectivity index (χ3n) is 5.27. The Labute approximate surface area is 130 Å². The first kappa shape index (κ1) is 15.5. The van der Waals surface area contributed by atoms with Crippen LogP contribution in [0.3, 0.4) is 0 Å². The molecule has 0 radical (unpaired) electrons. The number of hydrogen-bond donors (Lipinski definition) is 2. The molecule has 2 fully saturated rings. The van der Waals surface area contributed by atoms with E-state index in [1.807, 2.05) is 22.7 Å². The lowest BCUT2D eigenvalue weighted by Gasteiger charge is -2.47. The number of likely N-dealkylation sites (tertiary alicyclic amines) is 1. The highest BCUT2D eigenvalue weighted by atomic mass is 16.4. The first-order chi connectivity index (χ1) is 10.5. The molecule has 2 heterocycles. The maximum atomic E-state index is 11.7. The summed E-state index contributed by atoms with van der Waals surface area (Å²) in [5, 5.41) is 20.1. The molecule has 1 aliphatic heterocycles. The van der Waals surface area contributed by atoms with Gasteiger partial charge in [0, 0.05) is 32.4 Å². The number of rotatable bonds is 5. The molecule has 2 aliphatic rings. The van der Waals surface area contributed by atoms with Crippen LogP contribution in [0.2, 0.25) is 0 Å². The van der Waals surface area contributed by atoms with Gasteiger partial charge in [0.1, 0.15) is 11.9 Å². The zero-order chi connectivity index (χ0) is 15.7. The molecule has 0 spiro atoms. The molecule has 122 valence electrons. The van der Waals surface area contributed by atoms with Crippen LogP contribution in [0.4, 0.5) is 0 Å². The maximum absolute atomic E-state index is 11.7. The highest BCUT2D eigenvalue weighted by molar-refractivity contribution is 5.75. The Balaban J connectivity index is 1.69. The molecule has 1 aromatic heterocycles. The van der Waals surface area contributed by atoms with Gasteiger partial charge in [-0.15, -0.1) is 0 Å². The molecule has 1 aromatic rings. The van der Waals surface area contributed by atoms with Gasteiger partial charge < -0.3 is 14.8 Å². The zero-order valence-electron chi connectivity index (χ0n) is 13.1. The number of carboxylic acid groups (broad SMARTS) is 1. The van der Waals surface area contributed by atoms with Crippen molar-refractivity contribution in [2.75, 3.05) is 13.1 Å². The number of imidazole rings is 1. The van der Waals surface area contributed by atoms with Crippen LogP contribution < -0.4 is 0 Å². The van der Waals surface area contributed by atoms with Gasteiger partial charge in [-0.1, -0.05) is 0 Å². The SMILES string of the molecule is Cn1ccnc1CC1CCCN(C(C(=O)O)C2(O)CCC2)C1. The van der Waals surface area contributed by atoms with E-state index in [9.17, 15) is 15.0 Å². The number of carbonyl (C=O) groups is 1. The summed E-state index contributed by atoms with van der Waals surface area (Å²) < 4.78 is 2.02. The minimum atomic E-state index is -1.03. The van der Waals surface area contributed by atoms with Crippen LogP contribution in [0.1, 0.15) is 37.9 Å². The van der Waals surface area contributed by atoms with Gasteiger partial charge in [-0.05, 0) is 44.6 Å². The van der Waals surface area contributed by atoms with E-state index in [2.05, 4.69) is 4.98 Å². The molecule has 1 aliphatic carbocycles. The van der Waals surface area contributed by atoms with Crippen molar-refractivity contribution in [3.05, 3.63) is 18.2 Å². The number of piperidine rings is 1. The number of aliphatic carboxylic acids is 1. The molecular weight excluding hydrogens is 282 g/mol. The lowest BCUT2D eigenvalue weighted by atomic mass is 9.73. The second-order valence-corrected chi connectivity index (χ2v) is 6.86. The summed E-state index contributed by atoms with van der Waals surface area (Å²) in [5.74, 6) is 0.557. The Hall–Kier alpha value is -1.40. The molecule has 1 saturated heterocycles. The van der Waals surface area contributed by atoms with E-state index in [1.54, 1.807) is 6.20 Å². The Morgan fingerprint density at radius 3 is 2.82 bits per heavy atom. The number of aliphatic hydroxyl groups is 1. The van der Waals surface area contributed by atoms with Crippen LogP contribution in [-0.4, -0.2) is 55.4 Å². The predicted molar refractivity (Wildman–Crippen MR) is 81.4 cm³/mol. The Morgan fingerprint density at radius 2 is 2.27 bits per heavy atom. The van der Waals surface area contributed by atoms with E-state index < -0.39 is 17.6 Å². The van der Waals surface area contributed by atoms with Crippen molar-refractivity contribution in [2.45, 2.75) is 50.2 Å². The van der Waals surface area contributed by atoms with E-state index in [-0.39, 0.29) is 0 Å². The van der Waals surface area contributed by atoms with Crippen molar-refractivity contribution in [3.63, 3.8) is 0 Å². The summed E-state index contributed by atoms with van der Waals surface area (Å²) in [5.41, 5.74) is -1.03. The highest BCUT2D eigenvalue weighted by Gasteiger charge is 2.49. The number of carboxylic acids is 1. The van der Waals surface area contributed by atoms with E-state index in [4.69, 9.17) is 0 Å². The molecule has 6 nitrogen and oxygen atoms in total. The van der Waals surface area contributed by atoms with Crippen molar-refractivity contribution in [3.8, 4) is 0 Å². The van der Waals surface area contributed by atoms with Crippen LogP contribution in [0, 0.1) is 5.92 Å². The smallest absolute Gasteiger partial charge is 0.323 e. The fourth-order valence-corrected chi connectivity index (χ4v) is 3.89. The monoisotopic (exact) mass is 307 g/mol. The zero-order valence-corrected chi connectivity index (χ0v) is 13.1. The second kappa shape index (κ2) is 6.01. The van der Waals surface area contributed by atoms with Crippen molar-refractivity contribution in [1.82, 2.24) is 14.5 Å². The Bertz CT molecular complexity index is 538. The molecule has 0 aromatic carbocycles. The van der Waals surface area contributed by atoms with Gasteiger partial charge in [-0.2, -0.15) is 0 Å². The Kier molecular flexibility index (Phi) is 4.23. The summed E-state index contributed by atoms with van der Waals surface area (Å²) >= 11 is 0. The van der Waals surface area contributed by atoms with E-state index in [0.29, 0.717) is 18.8 Å². The molecule has 2 unspecified atom stereocenters. The standard InChI is InChI=1S/C16H25N3O3/c1-18-9-7-17-13(18)10-12-4-2-8-19(11-12)14(15(20)21)16(22)5-3-6-16/h7,9,12,14,22H,2-6,8,10-11H2,1H3,(H,20,21). The summed E-state index contributed by atoms with van der Waals surface area (Å²) in [7, 11) is 1.99. The second-order valence-electron chi connectivity index (χ2n) is 6.86. The van der Waals surface area contributed by atoms with Crippen molar-refractivity contribution in [2.24, 2.45) is 13.0 Å². The largest absolute Gasteiger partial charge is 0.480 e. The van der Waals surface area contributed by atoms with E-state index in [0.717, 1.165) is 44.6 Å². The molecule has 0 amide bonds. The van der Waals surface area contributed by atoms with E-state index >= 15 is 0 Å². The number of nitrogens with zero attached hydrogens (tertiary/aromatic N) is 3. The minimum absolute atomic E-state index is 0.403. The van der Waals surface area contributed by atoms with Gasteiger partial charge in [0.15, 0.2) is 0 Å². The number of hydrogen-bond acceptors (Lipinski definition) is 4. The molecule has 0 bridgehead atoms. The number of aromatic nitrogens is 2. The van der Waals surface area contributed by atoms with Gasteiger partial charge in [-0.25, -0.2) is 4.98 Å². The maximum Gasteiger partial charge on any atom is 0.323 e. The van der Waals surface area contributed by atoms with Crippen LogP contribution >= 0.6 is 0 Å². The molecule has 22 heavy (non-hydrogen) atoms. The normalized spacial score (nSPS) is 26.4. The highest BCUT2D eigenvalue weighted by Crippen LogP contribution is 2.38. The minimum Gasteiger partial charge on any atom is -0.480 e. The van der Waals surface area contributed by atoms with Gasteiger partial charge in [0.25, 0.3) is 0 Å². The van der Waals surface area contributed by atoms with Crippen molar-refractivity contribution in [1.29, 1.82) is 0 Å². The fourth-order valence-electron chi connectivity index (χ4n) is 3.89. The first-order valence-corrected chi connectivity index (χ1v) is 8.15. The van der Waals surface area contributed by atoms with Gasteiger partial charge in [-0.3, -0.25) is 9.69 Å². The fraction of sp³-hybridized carbons (Fsp3) is 0.750. The third kappa shape index (κ3) is 2.90. The summed E-state index contributed by atoms with van der Waals surface area (Å²) in [6.45, 7) is 1.49. The molecule has 1 saturated carbocycles. The van der Waals surface area contributed by atoms with Gasteiger partial charge in [0.2, 0.25) is 0 Å². The third-order valence-corrected chi connectivity index (χ3v) is 5.27. The van der Waals surface area contributed by atoms with Gasteiger partial charge >= 0.3 is 5.97 Å².